The van der Waals surface area contributed by atoms with Gasteiger partial charge in [-0.15, -0.1) is 0 Å². The number of rotatable bonds is 3. The van der Waals surface area contributed by atoms with Crippen LogP contribution in [0.15, 0.2) is 0 Å². The third kappa shape index (κ3) is 3.20. The molecule has 0 spiro atoms. The van der Waals surface area contributed by atoms with E-state index >= 15 is 0 Å². The Kier molecular flexibility index (Phi) is 4.63. The number of nitrogens with zero attached hydrogens (tertiary/aromatic N) is 1. The Bertz CT molecular complexity index is 222. The van der Waals surface area contributed by atoms with Crippen LogP contribution in [0.25, 0.3) is 0 Å². The van der Waals surface area contributed by atoms with Gasteiger partial charge in [-0.2, -0.15) is 0 Å². The number of carbonyl (C=O) groups is 1. The summed E-state index contributed by atoms with van der Waals surface area (Å²) in [5.74, 6) is 0.274. The van der Waals surface area contributed by atoms with Gasteiger partial charge in [0.05, 0.1) is 4.83 Å². The predicted octanol–water partition coefficient (Wildman–Crippen LogP) is 3.20. The van der Waals surface area contributed by atoms with E-state index in [1.165, 1.54) is 6.42 Å². The molecule has 1 heterocycles. The summed E-state index contributed by atoms with van der Waals surface area (Å²) >= 11 is 3.43. The maximum Gasteiger partial charge on any atom is 0.236 e. The van der Waals surface area contributed by atoms with E-state index in [1.807, 2.05) is 11.8 Å². The minimum absolute atomic E-state index is 0.0171. The van der Waals surface area contributed by atoms with E-state index in [1.54, 1.807) is 0 Å². The molecule has 0 aromatic rings. The van der Waals surface area contributed by atoms with Crippen molar-refractivity contribution in [2.75, 3.05) is 13.1 Å². The highest BCUT2D eigenvalue weighted by molar-refractivity contribution is 9.10. The normalized spacial score (nSPS) is 22.5. The Morgan fingerprint density at radius 1 is 1.40 bits per heavy atom. The lowest BCUT2D eigenvalue weighted by atomic mass is 9.78. The van der Waals surface area contributed by atoms with E-state index < -0.39 is 0 Å². The number of amides is 1. The molecule has 0 N–H and O–H groups in total. The van der Waals surface area contributed by atoms with Crippen molar-refractivity contribution in [1.82, 2.24) is 4.90 Å². The summed E-state index contributed by atoms with van der Waals surface area (Å²) in [6.07, 6.45) is 4.40. The summed E-state index contributed by atoms with van der Waals surface area (Å²) in [7, 11) is 0. The average Bonchev–Trinajstić information content (AvgIpc) is 2.28. The molecule has 2 nitrogen and oxygen atoms in total. The van der Waals surface area contributed by atoms with Gasteiger partial charge in [-0.05, 0) is 24.7 Å². The lowest BCUT2D eigenvalue weighted by Crippen LogP contribution is -2.44. The first kappa shape index (κ1) is 13.0. The van der Waals surface area contributed by atoms with Crippen LogP contribution in [0.2, 0.25) is 0 Å². The zero-order chi connectivity index (χ0) is 11.5. The maximum atomic E-state index is 11.9. The summed E-state index contributed by atoms with van der Waals surface area (Å²) in [5, 5.41) is 0. The molecule has 0 radical (unpaired) electrons. The second-order valence-corrected chi connectivity index (χ2v) is 5.97. The molecule has 1 rings (SSSR count). The van der Waals surface area contributed by atoms with E-state index in [-0.39, 0.29) is 10.7 Å². The second kappa shape index (κ2) is 5.33. The average molecular weight is 276 g/mol. The Balaban J connectivity index is 2.47. The van der Waals surface area contributed by atoms with Crippen LogP contribution in [0.3, 0.4) is 0 Å². The molecule has 0 saturated carbocycles. The summed E-state index contributed by atoms with van der Waals surface area (Å²) in [6, 6.07) is 0. The number of piperidine rings is 1. The Morgan fingerprint density at radius 3 is 2.33 bits per heavy atom. The van der Waals surface area contributed by atoms with Gasteiger partial charge < -0.3 is 4.90 Å². The molecule has 1 amide bonds. The molecule has 1 saturated heterocycles. The zero-order valence-electron chi connectivity index (χ0n) is 10.1. The van der Waals surface area contributed by atoms with Gasteiger partial charge in [0.25, 0.3) is 0 Å². The van der Waals surface area contributed by atoms with Gasteiger partial charge in [-0.1, -0.05) is 43.1 Å². The lowest BCUT2D eigenvalue weighted by Gasteiger charge is -2.39. The molecule has 1 aliphatic heterocycles. The van der Waals surface area contributed by atoms with E-state index in [2.05, 4.69) is 29.8 Å². The van der Waals surface area contributed by atoms with Crippen LogP contribution in [0, 0.1) is 5.41 Å². The fraction of sp³-hybridized carbons (Fsp3) is 0.917. The van der Waals surface area contributed by atoms with Crippen LogP contribution < -0.4 is 0 Å². The summed E-state index contributed by atoms with van der Waals surface area (Å²) in [5.41, 5.74) is 0.463. The highest BCUT2D eigenvalue weighted by Gasteiger charge is 2.31. The van der Waals surface area contributed by atoms with Crippen molar-refractivity contribution >= 4 is 21.8 Å². The summed E-state index contributed by atoms with van der Waals surface area (Å²) in [4.78, 5) is 13.9. The van der Waals surface area contributed by atoms with Crippen LogP contribution in [0.5, 0.6) is 0 Å². The van der Waals surface area contributed by atoms with Crippen LogP contribution in [-0.2, 0) is 4.79 Å². The largest absolute Gasteiger partial charge is 0.342 e. The summed E-state index contributed by atoms with van der Waals surface area (Å²) in [6.45, 7) is 8.49. The van der Waals surface area contributed by atoms with Crippen molar-refractivity contribution in [3.63, 3.8) is 0 Å². The molecule has 0 bridgehead atoms. The minimum atomic E-state index is 0.0171. The highest BCUT2D eigenvalue weighted by atomic mass is 79.9. The van der Waals surface area contributed by atoms with Crippen molar-refractivity contribution in [2.24, 2.45) is 5.41 Å². The molecule has 3 heteroatoms. The molecule has 1 atom stereocenters. The van der Waals surface area contributed by atoms with Crippen LogP contribution in [-0.4, -0.2) is 28.7 Å². The number of halogens is 1. The van der Waals surface area contributed by atoms with Crippen LogP contribution >= 0.6 is 15.9 Å². The quantitative estimate of drug-likeness (QED) is 0.725. The molecule has 0 aromatic heterocycles. The SMILES string of the molecule is CCC(Br)C(=O)N1CCC(C)(CC)CC1. The number of hydrogen-bond donors (Lipinski definition) is 0. The first-order valence-electron chi connectivity index (χ1n) is 5.95. The smallest absolute Gasteiger partial charge is 0.236 e. The topological polar surface area (TPSA) is 20.3 Å². The first-order valence-corrected chi connectivity index (χ1v) is 6.87. The van der Waals surface area contributed by atoms with Crippen molar-refractivity contribution in [3.8, 4) is 0 Å². The fourth-order valence-electron chi connectivity index (χ4n) is 1.99. The minimum Gasteiger partial charge on any atom is -0.342 e. The Labute approximate surface area is 102 Å². The summed E-state index contributed by atoms with van der Waals surface area (Å²) < 4.78 is 0. The zero-order valence-corrected chi connectivity index (χ0v) is 11.6. The Hall–Kier alpha value is -0.0500. The third-order valence-corrected chi connectivity index (χ3v) is 4.80. The van der Waals surface area contributed by atoms with E-state index in [9.17, 15) is 4.79 Å². The van der Waals surface area contributed by atoms with Crippen molar-refractivity contribution in [1.29, 1.82) is 0 Å². The lowest BCUT2D eigenvalue weighted by molar-refractivity contribution is -0.132. The van der Waals surface area contributed by atoms with Crippen molar-refractivity contribution < 1.29 is 4.79 Å². The number of likely N-dealkylation sites (tertiary alicyclic amines) is 1. The fourth-order valence-corrected chi connectivity index (χ4v) is 2.28. The van der Waals surface area contributed by atoms with Crippen molar-refractivity contribution in [2.45, 2.75) is 51.3 Å². The highest BCUT2D eigenvalue weighted by Crippen LogP contribution is 2.34. The molecular weight excluding hydrogens is 254 g/mol. The van der Waals surface area contributed by atoms with Gasteiger partial charge in [0.2, 0.25) is 5.91 Å². The van der Waals surface area contributed by atoms with E-state index in [4.69, 9.17) is 0 Å². The second-order valence-electron chi connectivity index (χ2n) is 4.87. The van der Waals surface area contributed by atoms with Gasteiger partial charge in [0, 0.05) is 13.1 Å². The van der Waals surface area contributed by atoms with Crippen molar-refractivity contribution in [3.05, 3.63) is 0 Å². The molecule has 1 unspecified atom stereocenters. The van der Waals surface area contributed by atoms with E-state index in [0.29, 0.717) is 5.41 Å². The molecule has 0 aliphatic carbocycles. The monoisotopic (exact) mass is 275 g/mol. The molecule has 0 aromatic carbocycles. The third-order valence-electron chi connectivity index (χ3n) is 3.76. The van der Waals surface area contributed by atoms with Gasteiger partial charge in [0.15, 0.2) is 0 Å². The molecule has 1 fully saturated rings. The number of hydrogen-bond acceptors (Lipinski definition) is 1. The Morgan fingerprint density at radius 2 is 1.93 bits per heavy atom. The van der Waals surface area contributed by atoms with E-state index in [0.717, 1.165) is 32.4 Å². The number of carbonyl (C=O) groups excluding carboxylic acids is 1. The molecule has 1 aliphatic rings. The standard InChI is InChI=1S/C12H22BrNO/c1-4-10(13)11(15)14-8-6-12(3,5-2)7-9-14/h10H,4-9H2,1-3H3. The van der Waals surface area contributed by atoms with Gasteiger partial charge in [0.1, 0.15) is 0 Å². The molecule has 88 valence electrons. The van der Waals surface area contributed by atoms with Gasteiger partial charge in [-0.3, -0.25) is 4.79 Å². The van der Waals surface area contributed by atoms with Crippen LogP contribution in [0.1, 0.15) is 46.5 Å². The first-order chi connectivity index (χ1) is 7.02. The van der Waals surface area contributed by atoms with Gasteiger partial charge in [-0.25, -0.2) is 0 Å². The molecule has 15 heavy (non-hydrogen) atoms. The maximum absolute atomic E-state index is 11.9. The molecular formula is C12H22BrNO. The number of alkyl halides is 1. The van der Waals surface area contributed by atoms with Crippen LogP contribution in [0.4, 0.5) is 0 Å². The van der Waals surface area contributed by atoms with Gasteiger partial charge >= 0.3 is 0 Å². The predicted molar refractivity (Wildman–Crippen MR) is 67.2 cm³/mol.